The summed E-state index contributed by atoms with van der Waals surface area (Å²) in [6, 6.07) is 3.60. The van der Waals surface area contributed by atoms with Crippen LogP contribution in [0.2, 0.25) is 10.2 Å². The van der Waals surface area contributed by atoms with E-state index in [0.717, 1.165) is 6.07 Å². The van der Waals surface area contributed by atoms with Crippen LogP contribution in [0.25, 0.3) is 5.69 Å². The molecule has 1 aromatic heterocycles. The number of hydrogen-bond donors (Lipinski definition) is 1. The van der Waals surface area contributed by atoms with Crippen LogP contribution in [0.4, 0.5) is 13.2 Å². The summed E-state index contributed by atoms with van der Waals surface area (Å²) in [5, 5.41) is 11.4. The standard InChI is InChI=1S/C11H5Cl2F3N2O2/c12-4-2-1-3-5(14)8(4)18-9(13)6(11(19)20)7(17-18)10(15)16/h1-3,10H,(H,19,20). The third-order valence-corrected chi connectivity index (χ3v) is 3.08. The topological polar surface area (TPSA) is 55.1 Å². The lowest BCUT2D eigenvalue weighted by atomic mass is 10.2. The van der Waals surface area contributed by atoms with Crippen LogP contribution in [-0.4, -0.2) is 20.9 Å². The molecule has 1 heterocycles. The summed E-state index contributed by atoms with van der Waals surface area (Å²) in [5.41, 5.74) is -2.34. The highest BCUT2D eigenvalue weighted by Crippen LogP contribution is 2.33. The third-order valence-electron chi connectivity index (χ3n) is 2.43. The van der Waals surface area contributed by atoms with Gasteiger partial charge in [-0.3, -0.25) is 0 Å². The van der Waals surface area contributed by atoms with E-state index in [4.69, 9.17) is 28.3 Å². The molecule has 0 saturated carbocycles. The molecule has 2 aromatic rings. The Hall–Kier alpha value is -1.73. The fourth-order valence-electron chi connectivity index (χ4n) is 1.60. The highest BCUT2D eigenvalue weighted by molar-refractivity contribution is 6.34. The van der Waals surface area contributed by atoms with Gasteiger partial charge in [0.25, 0.3) is 6.43 Å². The number of benzene rings is 1. The number of para-hydroxylation sites is 1. The second-order valence-corrected chi connectivity index (χ2v) is 4.40. The minimum Gasteiger partial charge on any atom is -0.478 e. The number of carboxylic acids is 1. The number of carboxylic acid groups (broad SMARTS) is 1. The average molecular weight is 325 g/mol. The Labute approximate surface area is 120 Å². The Balaban J connectivity index is 2.77. The number of carbonyl (C=O) groups is 1. The number of aromatic nitrogens is 2. The van der Waals surface area contributed by atoms with E-state index in [-0.39, 0.29) is 5.02 Å². The van der Waals surface area contributed by atoms with E-state index in [0.29, 0.717) is 4.68 Å². The summed E-state index contributed by atoms with van der Waals surface area (Å²) in [5.74, 6) is -2.57. The van der Waals surface area contributed by atoms with Crippen LogP contribution < -0.4 is 0 Å². The number of aromatic carboxylic acids is 1. The normalized spacial score (nSPS) is 11.1. The van der Waals surface area contributed by atoms with E-state index in [2.05, 4.69) is 5.10 Å². The molecular weight excluding hydrogens is 320 g/mol. The Bertz CT molecular complexity index is 668. The van der Waals surface area contributed by atoms with E-state index >= 15 is 0 Å². The van der Waals surface area contributed by atoms with Crippen molar-refractivity contribution >= 4 is 29.2 Å². The Morgan fingerprint density at radius 3 is 2.45 bits per heavy atom. The molecule has 0 saturated heterocycles. The molecule has 0 bridgehead atoms. The van der Waals surface area contributed by atoms with Crippen molar-refractivity contribution in [2.24, 2.45) is 0 Å². The predicted octanol–water partition coefficient (Wildman–Crippen LogP) is 3.95. The van der Waals surface area contributed by atoms with Crippen molar-refractivity contribution in [1.82, 2.24) is 9.78 Å². The molecule has 0 radical (unpaired) electrons. The molecule has 2 rings (SSSR count). The van der Waals surface area contributed by atoms with E-state index < -0.39 is 40.3 Å². The predicted molar refractivity (Wildman–Crippen MR) is 65.5 cm³/mol. The lowest BCUT2D eigenvalue weighted by Crippen LogP contribution is -2.02. The molecule has 0 aliphatic heterocycles. The molecule has 9 heteroatoms. The van der Waals surface area contributed by atoms with Crippen molar-refractivity contribution in [3.8, 4) is 5.69 Å². The van der Waals surface area contributed by atoms with Gasteiger partial charge in [-0.15, -0.1) is 0 Å². The minimum absolute atomic E-state index is 0.146. The second-order valence-electron chi connectivity index (χ2n) is 3.64. The highest BCUT2D eigenvalue weighted by atomic mass is 35.5. The maximum Gasteiger partial charge on any atom is 0.341 e. The van der Waals surface area contributed by atoms with Crippen LogP contribution in [0.5, 0.6) is 0 Å². The van der Waals surface area contributed by atoms with Crippen molar-refractivity contribution in [1.29, 1.82) is 0 Å². The van der Waals surface area contributed by atoms with E-state index in [9.17, 15) is 18.0 Å². The molecule has 106 valence electrons. The van der Waals surface area contributed by atoms with Gasteiger partial charge in [-0.05, 0) is 12.1 Å². The van der Waals surface area contributed by atoms with Crippen molar-refractivity contribution in [2.45, 2.75) is 6.43 Å². The number of halogens is 5. The van der Waals surface area contributed by atoms with Crippen LogP contribution in [0.3, 0.4) is 0 Å². The molecule has 0 amide bonds. The molecule has 20 heavy (non-hydrogen) atoms. The van der Waals surface area contributed by atoms with Gasteiger partial charge in [0.2, 0.25) is 0 Å². The van der Waals surface area contributed by atoms with Gasteiger partial charge in [-0.1, -0.05) is 29.3 Å². The first-order chi connectivity index (χ1) is 9.34. The zero-order valence-electron chi connectivity index (χ0n) is 9.45. The van der Waals surface area contributed by atoms with Crippen LogP contribution in [0.15, 0.2) is 18.2 Å². The summed E-state index contributed by atoms with van der Waals surface area (Å²) in [6.07, 6.45) is -3.18. The molecule has 4 nitrogen and oxygen atoms in total. The number of nitrogens with zero attached hydrogens (tertiary/aromatic N) is 2. The van der Waals surface area contributed by atoms with E-state index in [1.807, 2.05) is 0 Å². The smallest absolute Gasteiger partial charge is 0.341 e. The second kappa shape index (κ2) is 5.34. The first-order valence-corrected chi connectivity index (χ1v) is 5.84. The van der Waals surface area contributed by atoms with Crippen molar-refractivity contribution in [3.05, 3.63) is 45.4 Å². The zero-order valence-corrected chi connectivity index (χ0v) is 11.0. The summed E-state index contributed by atoms with van der Waals surface area (Å²) in [6.45, 7) is 0. The van der Waals surface area contributed by atoms with Crippen LogP contribution in [0, 0.1) is 5.82 Å². The molecule has 0 spiro atoms. The van der Waals surface area contributed by atoms with Crippen LogP contribution in [0.1, 0.15) is 22.5 Å². The lowest BCUT2D eigenvalue weighted by molar-refractivity contribution is 0.0684. The van der Waals surface area contributed by atoms with Gasteiger partial charge in [0.15, 0.2) is 0 Å². The summed E-state index contributed by atoms with van der Waals surface area (Å²) >= 11 is 11.5. The molecule has 0 aliphatic carbocycles. The molecule has 0 aliphatic rings. The molecule has 1 aromatic carbocycles. The quantitative estimate of drug-likeness (QED) is 0.929. The Morgan fingerprint density at radius 1 is 1.35 bits per heavy atom. The minimum atomic E-state index is -3.18. The number of alkyl halides is 2. The van der Waals surface area contributed by atoms with Gasteiger partial charge in [0, 0.05) is 0 Å². The molecule has 0 unspecified atom stereocenters. The summed E-state index contributed by atoms with van der Waals surface area (Å²) in [7, 11) is 0. The van der Waals surface area contributed by atoms with Gasteiger partial charge in [0.1, 0.15) is 27.9 Å². The fraction of sp³-hybridized carbons (Fsp3) is 0.0909. The maximum absolute atomic E-state index is 13.7. The average Bonchev–Trinajstić information content (AvgIpc) is 2.67. The summed E-state index contributed by atoms with van der Waals surface area (Å²) in [4.78, 5) is 11.0. The van der Waals surface area contributed by atoms with Crippen molar-refractivity contribution in [3.63, 3.8) is 0 Å². The molecular formula is C11H5Cl2F3N2O2. The number of rotatable bonds is 3. The maximum atomic E-state index is 13.7. The first-order valence-electron chi connectivity index (χ1n) is 5.08. The lowest BCUT2D eigenvalue weighted by Gasteiger charge is -2.06. The van der Waals surface area contributed by atoms with Gasteiger partial charge in [-0.25, -0.2) is 22.6 Å². The Morgan fingerprint density at radius 2 is 2.00 bits per heavy atom. The van der Waals surface area contributed by atoms with Gasteiger partial charge in [-0.2, -0.15) is 5.10 Å². The zero-order chi connectivity index (χ0) is 15.0. The SMILES string of the molecule is O=C(O)c1c(C(F)F)nn(-c2c(F)cccc2Cl)c1Cl. The van der Waals surface area contributed by atoms with E-state index in [1.54, 1.807) is 0 Å². The molecule has 1 N–H and O–H groups in total. The van der Waals surface area contributed by atoms with Crippen LogP contribution >= 0.6 is 23.2 Å². The number of hydrogen-bond acceptors (Lipinski definition) is 2. The monoisotopic (exact) mass is 324 g/mol. The first kappa shape index (κ1) is 14.7. The largest absolute Gasteiger partial charge is 0.478 e. The van der Waals surface area contributed by atoms with Gasteiger partial charge >= 0.3 is 5.97 Å². The fourth-order valence-corrected chi connectivity index (χ4v) is 2.15. The van der Waals surface area contributed by atoms with Crippen molar-refractivity contribution in [2.75, 3.05) is 0 Å². The van der Waals surface area contributed by atoms with Gasteiger partial charge in [0.05, 0.1) is 5.02 Å². The van der Waals surface area contributed by atoms with Crippen LogP contribution in [-0.2, 0) is 0 Å². The summed E-state index contributed by atoms with van der Waals surface area (Å²) < 4.78 is 39.8. The molecule has 0 atom stereocenters. The molecule has 0 fully saturated rings. The Kier molecular flexibility index (Phi) is 3.92. The van der Waals surface area contributed by atoms with Gasteiger partial charge < -0.3 is 5.11 Å². The third kappa shape index (κ3) is 2.34. The highest BCUT2D eigenvalue weighted by Gasteiger charge is 2.29. The van der Waals surface area contributed by atoms with E-state index in [1.165, 1.54) is 12.1 Å². The van der Waals surface area contributed by atoms with Crippen molar-refractivity contribution < 1.29 is 23.1 Å².